The predicted molar refractivity (Wildman–Crippen MR) is 142 cm³/mol. The second-order valence-corrected chi connectivity index (χ2v) is 10.7. The average molecular weight is 528 g/mol. The standard InChI is InChI=1S/C28H33NO7S/c1-6-23(31)34-19-14-12-17(16-20(19)35-24(32)7-2)13-15-22(30)29-26-25(27(33)36-28(3,4)5)18-10-8-9-11-21(18)37-26/h12-16H,6-11H2,1-5H3,(H,29,30). The van der Waals surface area contributed by atoms with Gasteiger partial charge in [0.25, 0.3) is 0 Å². The molecule has 0 atom stereocenters. The van der Waals surface area contributed by atoms with Crippen LogP contribution in [0.15, 0.2) is 24.3 Å². The number of rotatable bonds is 8. The lowest BCUT2D eigenvalue weighted by Gasteiger charge is -2.21. The van der Waals surface area contributed by atoms with Crippen LogP contribution >= 0.6 is 11.3 Å². The Morgan fingerprint density at radius 2 is 1.62 bits per heavy atom. The summed E-state index contributed by atoms with van der Waals surface area (Å²) in [6, 6.07) is 4.67. The van der Waals surface area contributed by atoms with E-state index in [9.17, 15) is 19.2 Å². The van der Waals surface area contributed by atoms with Gasteiger partial charge in [0.15, 0.2) is 11.5 Å². The van der Waals surface area contributed by atoms with E-state index in [2.05, 4.69) is 5.32 Å². The number of esters is 3. The van der Waals surface area contributed by atoms with Gasteiger partial charge < -0.3 is 19.5 Å². The molecule has 1 aliphatic carbocycles. The topological polar surface area (TPSA) is 108 Å². The molecule has 0 aliphatic heterocycles. The number of hydrogen-bond donors (Lipinski definition) is 1. The van der Waals surface area contributed by atoms with Gasteiger partial charge in [0.1, 0.15) is 10.6 Å². The van der Waals surface area contributed by atoms with Crippen LogP contribution in [0.5, 0.6) is 11.5 Å². The molecule has 0 saturated carbocycles. The molecule has 0 radical (unpaired) electrons. The van der Waals surface area contributed by atoms with Crippen LogP contribution in [0.4, 0.5) is 5.00 Å². The normalized spacial score (nSPS) is 13.1. The van der Waals surface area contributed by atoms with Crippen LogP contribution in [0.2, 0.25) is 0 Å². The van der Waals surface area contributed by atoms with Crippen molar-refractivity contribution in [3.8, 4) is 11.5 Å². The fourth-order valence-corrected chi connectivity index (χ4v) is 4.99. The first-order valence-corrected chi connectivity index (χ1v) is 13.2. The highest BCUT2D eigenvalue weighted by Gasteiger charge is 2.29. The first-order valence-electron chi connectivity index (χ1n) is 12.4. The monoisotopic (exact) mass is 527 g/mol. The minimum absolute atomic E-state index is 0.0920. The number of benzene rings is 1. The maximum absolute atomic E-state index is 13.0. The third-order valence-corrected chi connectivity index (χ3v) is 6.64. The SMILES string of the molecule is CCC(=O)Oc1ccc(C=CC(=O)Nc2sc3c(c2C(=O)OC(C)(C)C)CCCC3)cc1OC(=O)CC. The van der Waals surface area contributed by atoms with Crippen molar-refractivity contribution in [2.75, 3.05) is 5.32 Å². The summed E-state index contributed by atoms with van der Waals surface area (Å²) in [5.74, 6) is -1.58. The highest BCUT2D eigenvalue weighted by atomic mass is 32.1. The third-order valence-electron chi connectivity index (χ3n) is 5.43. The van der Waals surface area contributed by atoms with E-state index in [0.29, 0.717) is 16.1 Å². The molecular formula is C28H33NO7S. The zero-order valence-electron chi connectivity index (χ0n) is 21.9. The molecule has 198 valence electrons. The minimum Gasteiger partial charge on any atom is -0.456 e. The van der Waals surface area contributed by atoms with Crippen molar-refractivity contribution < 1.29 is 33.4 Å². The molecule has 1 N–H and O–H groups in total. The maximum atomic E-state index is 13.0. The number of carbonyl (C=O) groups is 4. The predicted octanol–water partition coefficient (Wildman–Crippen LogP) is 5.86. The van der Waals surface area contributed by atoms with Crippen molar-refractivity contribution in [3.05, 3.63) is 45.8 Å². The highest BCUT2D eigenvalue weighted by Crippen LogP contribution is 2.39. The Bertz CT molecular complexity index is 1220. The number of nitrogens with one attached hydrogen (secondary N) is 1. The summed E-state index contributed by atoms with van der Waals surface area (Å²) in [5, 5.41) is 3.32. The number of carbonyl (C=O) groups excluding carboxylic acids is 4. The number of ether oxygens (including phenoxy) is 3. The second-order valence-electron chi connectivity index (χ2n) is 9.60. The lowest BCUT2D eigenvalue weighted by atomic mass is 9.95. The quantitative estimate of drug-likeness (QED) is 0.260. The smallest absolute Gasteiger partial charge is 0.341 e. The van der Waals surface area contributed by atoms with Crippen LogP contribution in [0.25, 0.3) is 6.08 Å². The summed E-state index contributed by atoms with van der Waals surface area (Å²) in [4.78, 5) is 50.5. The molecule has 0 bridgehead atoms. The summed E-state index contributed by atoms with van der Waals surface area (Å²) < 4.78 is 16.2. The minimum atomic E-state index is -0.654. The maximum Gasteiger partial charge on any atom is 0.341 e. The number of hydrogen-bond acceptors (Lipinski definition) is 8. The van der Waals surface area contributed by atoms with Crippen LogP contribution in [-0.4, -0.2) is 29.4 Å². The average Bonchev–Trinajstić information content (AvgIpc) is 3.20. The Morgan fingerprint density at radius 1 is 0.973 bits per heavy atom. The molecule has 37 heavy (non-hydrogen) atoms. The molecular weight excluding hydrogens is 494 g/mol. The molecule has 1 heterocycles. The van der Waals surface area contributed by atoms with Gasteiger partial charge in [0.2, 0.25) is 5.91 Å². The zero-order valence-corrected chi connectivity index (χ0v) is 22.7. The van der Waals surface area contributed by atoms with E-state index in [0.717, 1.165) is 36.1 Å². The van der Waals surface area contributed by atoms with Gasteiger partial charge in [0, 0.05) is 23.8 Å². The zero-order chi connectivity index (χ0) is 27.2. The van der Waals surface area contributed by atoms with Crippen LogP contribution in [0, 0.1) is 0 Å². The summed E-state index contributed by atoms with van der Waals surface area (Å²) >= 11 is 1.42. The molecule has 8 nitrogen and oxygen atoms in total. The van der Waals surface area contributed by atoms with E-state index in [1.807, 2.05) is 20.8 Å². The van der Waals surface area contributed by atoms with E-state index in [-0.39, 0.29) is 24.3 Å². The number of amides is 1. The van der Waals surface area contributed by atoms with Crippen molar-refractivity contribution in [3.63, 3.8) is 0 Å². The Hall–Kier alpha value is -3.46. The van der Waals surface area contributed by atoms with Gasteiger partial charge in [-0.2, -0.15) is 0 Å². The first-order chi connectivity index (χ1) is 17.5. The van der Waals surface area contributed by atoms with E-state index < -0.39 is 29.4 Å². The van der Waals surface area contributed by atoms with Gasteiger partial charge >= 0.3 is 17.9 Å². The number of fused-ring (bicyclic) bond motifs is 1. The van der Waals surface area contributed by atoms with Gasteiger partial charge in [0.05, 0.1) is 5.56 Å². The molecule has 1 amide bonds. The summed E-state index contributed by atoms with van der Waals surface area (Å²) in [6.07, 6.45) is 6.87. The van der Waals surface area contributed by atoms with Gasteiger partial charge in [-0.15, -0.1) is 11.3 Å². The van der Waals surface area contributed by atoms with E-state index in [1.165, 1.54) is 29.5 Å². The molecule has 0 fully saturated rings. The summed E-state index contributed by atoms with van der Waals surface area (Å²) in [7, 11) is 0. The molecule has 0 spiro atoms. The summed E-state index contributed by atoms with van der Waals surface area (Å²) in [5.41, 5.74) is 1.30. The molecule has 0 saturated heterocycles. The van der Waals surface area contributed by atoms with Crippen molar-refractivity contribution in [2.24, 2.45) is 0 Å². The first kappa shape index (κ1) is 28.1. The number of thiophene rings is 1. The van der Waals surface area contributed by atoms with Gasteiger partial charge in [-0.25, -0.2) is 4.79 Å². The van der Waals surface area contributed by atoms with Crippen molar-refractivity contribution in [1.29, 1.82) is 0 Å². The number of anilines is 1. The van der Waals surface area contributed by atoms with Gasteiger partial charge in [-0.3, -0.25) is 14.4 Å². The number of aryl methyl sites for hydroxylation is 1. The van der Waals surface area contributed by atoms with Crippen molar-refractivity contribution >= 4 is 46.2 Å². The van der Waals surface area contributed by atoms with Gasteiger partial charge in [-0.05, 0) is 75.8 Å². The Morgan fingerprint density at radius 3 is 2.27 bits per heavy atom. The Labute approximate surface area is 221 Å². The van der Waals surface area contributed by atoms with Gasteiger partial charge in [-0.1, -0.05) is 19.9 Å². The van der Waals surface area contributed by atoms with Crippen LogP contribution in [0.3, 0.4) is 0 Å². The third kappa shape index (κ3) is 7.76. The molecule has 2 aromatic rings. The Kier molecular flexibility index (Phi) is 9.26. The molecule has 3 rings (SSSR count). The fourth-order valence-electron chi connectivity index (χ4n) is 3.71. The lowest BCUT2D eigenvalue weighted by Crippen LogP contribution is -2.25. The summed E-state index contributed by atoms with van der Waals surface area (Å²) in [6.45, 7) is 8.75. The molecule has 1 aliphatic rings. The molecule has 0 unspecified atom stereocenters. The second kappa shape index (κ2) is 12.2. The molecule has 1 aromatic heterocycles. The molecule has 9 heteroatoms. The highest BCUT2D eigenvalue weighted by molar-refractivity contribution is 7.17. The van der Waals surface area contributed by atoms with Crippen LogP contribution in [0.1, 0.15) is 86.7 Å². The lowest BCUT2D eigenvalue weighted by molar-refractivity contribution is -0.136. The fraction of sp³-hybridized carbons (Fsp3) is 0.429. The largest absolute Gasteiger partial charge is 0.456 e. The Balaban J connectivity index is 1.82. The van der Waals surface area contributed by atoms with Crippen molar-refractivity contribution in [1.82, 2.24) is 0 Å². The van der Waals surface area contributed by atoms with E-state index in [4.69, 9.17) is 14.2 Å². The molecule has 1 aromatic carbocycles. The van der Waals surface area contributed by atoms with Crippen LogP contribution in [-0.2, 0) is 32.0 Å². The van der Waals surface area contributed by atoms with Crippen LogP contribution < -0.4 is 14.8 Å². The van der Waals surface area contributed by atoms with E-state index >= 15 is 0 Å². The van der Waals surface area contributed by atoms with E-state index in [1.54, 1.807) is 26.0 Å². The van der Waals surface area contributed by atoms with Crippen molar-refractivity contribution in [2.45, 2.75) is 78.7 Å².